The van der Waals surface area contributed by atoms with Crippen molar-refractivity contribution in [1.82, 2.24) is 9.88 Å². The summed E-state index contributed by atoms with van der Waals surface area (Å²) >= 11 is 6.01. The molecule has 0 N–H and O–H groups in total. The topological polar surface area (TPSA) is 63.4 Å². The highest BCUT2D eigenvalue weighted by Crippen LogP contribution is 2.34. The molecule has 0 radical (unpaired) electrons. The van der Waals surface area contributed by atoms with Gasteiger partial charge in [0.1, 0.15) is 5.52 Å². The summed E-state index contributed by atoms with van der Waals surface area (Å²) in [5.41, 5.74) is 3.52. The molecule has 1 atom stereocenters. The van der Waals surface area contributed by atoms with Crippen LogP contribution < -0.4 is 0 Å². The van der Waals surface area contributed by atoms with Crippen LogP contribution in [0, 0.1) is 0 Å². The first-order chi connectivity index (χ1) is 14.0. The molecule has 6 heteroatoms. The molecule has 3 aromatic carbocycles. The van der Waals surface area contributed by atoms with Crippen LogP contribution in [-0.2, 0) is 0 Å². The Morgan fingerprint density at radius 3 is 2.48 bits per heavy atom. The molecule has 1 unspecified atom stereocenters. The van der Waals surface area contributed by atoms with Crippen LogP contribution in [-0.4, -0.2) is 21.7 Å². The highest BCUT2D eigenvalue weighted by atomic mass is 35.5. The Balaban J connectivity index is 1.54. The molecule has 2 amide bonds. The van der Waals surface area contributed by atoms with E-state index in [9.17, 15) is 9.59 Å². The summed E-state index contributed by atoms with van der Waals surface area (Å²) in [4.78, 5) is 31.7. The fourth-order valence-corrected chi connectivity index (χ4v) is 3.82. The molecule has 29 heavy (non-hydrogen) atoms. The molecule has 1 aliphatic rings. The smallest absolute Gasteiger partial charge is 0.262 e. The number of halogens is 1. The van der Waals surface area contributed by atoms with Crippen molar-refractivity contribution in [3.05, 3.63) is 88.4 Å². The third-order valence-corrected chi connectivity index (χ3v) is 5.42. The summed E-state index contributed by atoms with van der Waals surface area (Å²) in [6, 6.07) is 19.4. The number of imide groups is 1. The van der Waals surface area contributed by atoms with Gasteiger partial charge in [-0.2, -0.15) is 0 Å². The summed E-state index contributed by atoms with van der Waals surface area (Å²) in [5.74, 6) is -0.237. The third kappa shape index (κ3) is 2.82. The lowest BCUT2D eigenvalue weighted by Crippen LogP contribution is -2.32. The molecule has 0 aliphatic carbocycles. The van der Waals surface area contributed by atoms with E-state index in [4.69, 9.17) is 16.0 Å². The molecular formula is C23H15ClN2O3. The van der Waals surface area contributed by atoms with Gasteiger partial charge >= 0.3 is 0 Å². The van der Waals surface area contributed by atoms with Crippen LogP contribution in [0.15, 0.2) is 71.1 Å². The molecule has 1 aliphatic heterocycles. The number of nitrogens with zero attached hydrogens (tertiary/aromatic N) is 2. The number of carbonyl (C=O) groups excluding carboxylic acids is 2. The molecule has 1 aromatic heterocycles. The lowest BCUT2D eigenvalue weighted by atomic mass is 10.1. The minimum Gasteiger partial charge on any atom is -0.436 e. The van der Waals surface area contributed by atoms with E-state index in [0.717, 1.165) is 5.56 Å². The fourth-order valence-electron chi connectivity index (χ4n) is 3.65. The first-order valence-corrected chi connectivity index (χ1v) is 9.54. The zero-order valence-electron chi connectivity index (χ0n) is 15.4. The van der Waals surface area contributed by atoms with Crippen molar-refractivity contribution >= 4 is 34.5 Å². The second kappa shape index (κ2) is 6.57. The molecule has 2 heterocycles. The third-order valence-electron chi connectivity index (χ3n) is 5.18. The van der Waals surface area contributed by atoms with Gasteiger partial charge in [0, 0.05) is 10.6 Å². The highest BCUT2D eigenvalue weighted by Gasteiger charge is 2.39. The van der Waals surface area contributed by atoms with Gasteiger partial charge in [-0.15, -0.1) is 0 Å². The van der Waals surface area contributed by atoms with Gasteiger partial charge in [0.25, 0.3) is 11.8 Å². The van der Waals surface area contributed by atoms with E-state index >= 15 is 0 Å². The Bertz CT molecular complexity index is 1280. The first-order valence-electron chi connectivity index (χ1n) is 9.16. The number of hydrogen-bond acceptors (Lipinski definition) is 4. The molecule has 0 spiro atoms. The van der Waals surface area contributed by atoms with E-state index in [2.05, 4.69) is 4.98 Å². The number of fused-ring (bicyclic) bond motifs is 2. The van der Waals surface area contributed by atoms with E-state index in [0.29, 0.717) is 38.7 Å². The van der Waals surface area contributed by atoms with Crippen LogP contribution >= 0.6 is 11.6 Å². The van der Waals surface area contributed by atoms with E-state index in [1.165, 1.54) is 4.90 Å². The quantitative estimate of drug-likeness (QED) is 0.424. The Hall–Kier alpha value is -3.44. The van der Waals surface area contributed by atoms with Crippen LogP contribution in [0.1, 0.15) is 39.2 Å². The molecule has 0 bridgehead atoms. The maximum absolute atomic E-state index is 13.1. The van der Waals surface area contributed by atoms with Crippen molar-refractivity contribution in [2.75, 3.05) is 0 Å². The molecule has 4 aromatic rings. The van der Waals surface area contributed by atoms with Gasteiger partial charge in [-0.05, 0) is 48.9 Å². The van der Waals surface area contributed by atoms with Crippen LogP contribution in [0.25, 0.3) is 22.6 Å². The number of hydrogen-bond donors (Lipinski definition) is 0. The number of benzene rings is 3. The fraction of sp³-hybridized carbons (Fsp3) is 0.0870. The largest absolute Gasteiger partial charge is 0.436 e. The van der Waals surface area contributed by atoms with Crippen LogP contribution in [0.3, 0.4) is 0 Å². The normalized spacial score (nSPS) is 14.5. The minimum atomic E-state index is -0.362. The molecule has 0 fully saturated rings. The average Bonchev–Trinajstić information content (AvgIpc) is 3.26. The second-order valence-electron chi connectivity index (χ2n) is 6.96. The Kier molecular flexibility index (Phi) is 4.00. The predicted molar refractivity (Wildman–Crippen MR) is 110 cm³/mol. The maximum atomic E-state index is 13.1. The van der Waals surface area contributed by atoms with Crippen molar-refractivity contribution in [3.8, 4) is 11.5 Å². The summed E-state index contributed by atoms with van der Waals surface area (Å²) in [7, 11) is 0. The standard InChI is InChI=1S/C23H15ClN2O3/c1-13(14-5-3-2-4-6-14)26-22(27)17-9-7-15(11-18(17)23(26)28)21-25-19-12-16(24)8-10-20(19)29-21/h2-13H,1H3. The van der Waals surface area contributed by atoms with E-state index in [-0.39, 0.29) is 17.9 Å². The van der Waals surface area contributed by atoms with Crippen LogP contribution in [0.2, 0.25) is 5.02 Å². The van der Waals surface area contributed by atoms with Gasteiger partial charge in [0.05, 0.1) is 17.2 Å². The number of oxazole rings is 1. The zero-order chi connectivity index (χ0) is 20.1. The van der Waals surface area contributed by atoms with Crippen molar-refractivity contribution in [2.24, 2.45) is 0 Å². The van der Waals surface area contributed by atoms with Crippen molar-refractivity contribution in [1.29, 1.82) is 0 Å². The molecule has 5 rings (SSSR count). The molecule has 142 valence electrons. The first kappa shape index (κ1) is 17.6. The van der Waals surface area contributed by atoms with Gasteiger partial charge in [-0.25, -0.2) is 4.98 Å². The Labute approximate surface area is 171 Å². The second-order valence-corrected chi connectivity index (χ2v) is 7.39. The van der Waals surface area contributed by atoms with Crippen LogP contribution in [0.4, 0.5) is 0 Å². The number of amides is 2. The van der Waals surface area contributed by atoms with E-state index in [1.807, 2.05) is 37.3 Å². The molecule has 0 saturated carbocycles. The minimum absolute atomic E-state index is 0.294. The predicted octanol–water partition coefficient (Wildman–Crippen LogP) is 5.51. The highest BCUT2D eigenvalue weighted by molar-refractivity contribution is 6.31. The summed E-state index contributed by atoms with van der Waals surface area (Å²) in [5, 5.41) is 0.567. The molecule has 5 nitrogen and oxygen atoms in total. The zero-order valence-corrected chi connectivity index (χ0v) is 16.2. The lowest BCUT2D eigenvalue weighted by molar-refractivity contribution is 0.0595. The van der Waals surface area contributed by atoms with Crippen LogP contribution in [0.5, 0.6) is 0 Å². The number of aromatic nitrogens is 1. The van der Waals surface area contributed by atoms with Gasteiger partial charge in [-0.3, -0.25) is 14.5 Å². The van der Waals surface area contributed by atoms with Crippen molar-refractivity contribution < 1.29 is 14.0 Å². The summed E-state index contributed by atoms with van der Waals surface area (Å²) < 4.78 is 5.79. The molecule has 0 saturated heterocycles. The maximum Gasteiger partial charge on any atom is 0.262 e. The van der Waals surface area contributed by atoms with Crippen molar-refractivity contribution in [3.63, 3.8) is 0 Å². The van der Waals surface area contributed by atoms with E-state index in [1.54, 1.807) is 36.4 Å². The van der Waals surface area contributed by atoms with Gasteiger partial charge in [0.2, 0.25) is 5.89 Å². The monoisotopic (exact) mass is 402 g/mol. The lowest BCUT2D eigenvalue weighted by Gasteiger charge is -2.22. The van der Waals surface area contributed by atoms with E-state index < -0.39 is 0 Å². The Morgan fingerprint density at radius 2 is 1.69 bits per heavy atom. The average molecular weight is 403 g/mol. The number of rotatable bonds is 3. The summed E-state index contributed by atoms with van der Waals surface area (Å²) in [6.45, 7) is 1.85. The van der Waals surface area contributed by atoms with Gasteiger partial charge in [-0.1, -0.05) is 41.9 Å². The van der Waals surface area contributed by atoms with Gasteiger partial charge < -0.3 is 4.42 Å². The number of carbonyl (C=O) groups is 2. The van der Waals surface area contributed by atoms with Gasteiger partial charge in [0.15, 0.2) is 5.58 Å². The van der Waals surface area contributed by atoms with Crippen molar-refractivity contribution in [2.45, 2.75) is 13.0 Å². The molecular weight excluding hydrogens is 388 g/mol. The SMILES string of the molecule is CC(c1ccccc1)N1C(=O)c2ccc(-c3nc4cc(Cl)ccc4o3)cc2C1=O. The Morgan fingerprint density at radius 1 is 0.931 bits per heavy atom. The summed E-state index contributed by atoms with van der Waals surface area (Å²) in [6.07, 6.45) is 0.